The Morgan fingerprint density at radius 3 is 2.05 bits per heavy atom. The molecule has 0 saturated carbocycles. The third-order valence-corrected chi connectivity index (χ3v) is 8.14. The molecule has 0 heterocycles. The minimum Gasteiger partial charge on any atom is -0.493 e. The van der Waals surface area contributed by atoms with E-state index in [4.69, 9.17) is 9.47 Å². The summed E-state index contributed by atoms with van der Waals surface area (Å²) in [6, 6.07) is 21.7. The number of urea groups is 1. The highest BCUT2D eigenvalue weighted by atomic mass is 16.5. The van der Waals surface area contributed by atoms with E-state index in [-0.39, 0.29) is 18.5 Å². The number of carbonyl (C=O) groups is 2. The van der Waals surface area contributed by atoms with E-state index in [1.807, 2.05) is 87.2 Å². The van der Waals surface area contributed by atoms with Gasteiger partial charge in [0, 0.05) is 12.1 Å². The van der Waals surface area contributed by atoms with Gasteiger partial charge in [-0.3, -0.25) is 4.79 Å². The molecule has 1 aliphatic carbocycles. The second-order valence-corrected chi connectivity index (χ2v) is 11.2. The number of hydrogen-bond donors (Lipinski definition) is 2. The molecule has 0 bridgehead atoms. The minimum atomic E-state index is -0.924. The molecular formula is C35H44N2O5. The van der Waals surface area contributed by atoms with Gasteiger partial charge in [0.15, 0.2) is 0 Å². The Morgan fingerprint density at radius 2 is 1.50 bits per heavy atom. The molecule has 0 aliphatic heterocycles. The number of carbonyl (C=O) groups excluding carboxylic acids is 1. The Balaban J connectivity index is 1.61. The molecule has 7 nitrogen and oxygen atoms in total. The average molecular weight is 573 g/mol. The number of benzene rings is 3. The summed E-state index contributed by atoms with van der Waals surface area (Å²) in [5, 5.41) is 13.0. The van der Waals surface area contributed by atoms with Crippen LogP contribution >= 0.6 is 0 Å². The second kappa shape index (κ2) is 14.3. The maximum Gasteiger partial charge on any atom is 0.318 e. The van der Waals surface area contributed by atoms with Crippen LogP contribution in [0.2, 0.25) is 0 Å². The monoisotopic (exact) mass is 572 g/mol. The van der Waals surface area contributed by atoms with E-state index in [1.165, 1.54) is 5.56 Å². The lowest BCUT2D eigenvalue weighted by Gasteiger charge is -2.36. The van der Waals surface area contributed by atoms with Crippen molar-refractivity contribution < 1.29 is 24.2 Å². The topological polar surface area (TPSA) is 88.1 Å². The number of ether oxygens (including phenoxy) is 2. The van der Waals surface area contributed by atoms with Gasteiger partial charge in [-0.25, -0.2) is 4.79 Å². The van der Waals surface area contributed by atoms with Gasteiger partial charge in [0.2, 0.25) is 0 Å². The second-order valence-electron chi connectivity index (χ2n) is 11.2. The Morgan fingerprint density at radius 1 is 0.929 bits per heavy atom. The predicted octanol–water partition coefficient (Wildman–Crippen LogP) is 6.90. The van der Waals surface area contributed by atoms with E-state index >= 15 is 0 Å². The third-order valence-electron chi connectivity index (χ3n) is 8.14. The van der Waals surface area contributed by atoms with Crippen molar-refractivity contribution in [1.29, 1.82) is 0 Å². The minimum absolute atomic E-state index is 0.142. The summed E-state index contributed by atoms with van der Waals surface area (Å²) in [7, 11) is 0. The van der Waals surface area contributed by atoms with Crippen molar-refractivity contribution in [3.05, 3.63) is 94.5 Å². The number of amides is 2. The fraction of sp³-hybridized carbons (Fsp3) is 0.429. The molecule has 0 aromatic heterocycles. The number of carboxylic acid groups (broad SMARTS) is 1. The highest BCUT2D eigenvalue weighted by Gasteiger charge is 2.41. The molecule has 1 atom stereocenters. The molecule has 0 saturated heterocycles. The zero-order chi connectivity index (χ0) is 30.1. The molecule has 2 amide bonds. The van der Waals surface area contributed by atoms with Crippen LogP contribution in [0.15, 0.2) is 66.7 Å². The molecule has 4 rings (SSSR count). The quantitative estimate of drug-likeness (QED) is 0.205. The van der Waals surface area contributed by atoms with E-state index in [0.717, 1.165) is 53.0 Å². The summed E-state index contributed by atoms with van der Waals surface area (Å²) in [6.45, 7) is 9.45. The lowest BCUT2D eigenvalue weighted by molar-refractivity contribution is -0.138. The first-order valence-corrected chi connectivity index (χ1v) is 15.1. The van der Waals surface area contributed by atoms with E-state index in [9.17, 15) is 14.7 Å². The summed E-state index contributed by atoms with van der Waals surface area (Å²) in [4.78, 5) is 28.0. The van der Waals surface area contributed by atoms with Crippen LogP contribution in [0, 0.1) is 6.92 Å². The normalized spacial score (nSPS) is 14.1. The maximum absolute atomic E-state index is 14.2. The number of aryl methyl sites for hydroxylation is 1. The standard InChI is InChI=1S/C35H44N2O5/c1-5-41-31-20-30(21-32(25(31)3)42-6-2)26(4)37(19-13-12-16-27-14-8-7-9-15-27)34(40)36-35(24-33(38)39)22-28-17-10-11-18-29(28)23-35/h7-11,14-15,17-18,20-21,26H,5-6,12-13,16,19,22-24H2,1-4H3,(H,36,40)(H,38,39). The predicted molar refractivity (Wildman–Crippen MR) is 165 cm³/mol. The van der Waals surface area contributed by atoms with Crippen molar-refractivity contribution in [2.75, 3.05) is 19.8 Å². The molecule has 1 unspecified atom stereocenters. The van der Waals surface area contributed by atoms with E-state index in [1.54, 1.807) is 0 Å². The number of nitrogens with zero attached hydrogens (tertiary/aromatic N) is 1. The molecule has 3 aromatic carbocycles. The Kier molecular flexibility index (Phi) is 10.5. The zero-order valence-corrected chi connectivity index (χ0v) is 25.3. The third kappa shape index (κ3) is 7.64. The smallest absolute Gasteiger partial charge is 0.318 e. The van der Waals surface area contributed by atoms with Gasteiger partial charge < -0.3 is 24.8 Å². The van der Waals surface area contributed by atoms with Crippen LogP contribution in [0.25, 0.3) is 0 Å². The first kappa shape index (κ1) is 30.9. The lowest BCUT2D eigenvalue weighted by atomic mass is 9.91. The molecule has 7 heteroatoms. The van der Waals surface area contributed by atoms with Gasteiger partial charge in [-0.2, -0.15) is 0 Å². The zero-order valence-electron chi connectivity index (χ0n) is 25.3. The van der Waals surface area contributed by atoms with E-state index < -0.39 is 11.5 Å². The van der Waals surface area contributed by atoms with Crippen molar-refractivity contribution in [1.82, 2.24) is 10.2 Å². The van der Waals surface area contributed by atoms with Gasteiger partial charge in [-0.05, 0) is 94.2 Å². The van der Waals surface area contributed by atoms with Crippen LogP contribution in [-0.2, 0) is 24.1 Å². The fourth-order valence-corrected chi connectivity index (χ4v) is 5.98. The molecule has 0 spiro atoms. The Labute approximate surface area is 249 Å². The summed E-state index contributed by atoms with van der Waals surface area (Å²) in [6.07, 6.45) is 3.50. The number of carboxylic acids is 1. The number of nitrogens with one attached hydrogen (secondary N) is 1. The van der Waals surface area contributed by atoms with Crippen LogP contribution in [0.5, 0.6) is 11.5 Å². The molecule has 0 fully saturated rings. The summed E-state index contributed by atoms with van der Waals surface area (Å²) in [5.41, 5.74) is 4.40. The number of aliphatic carboxylic acids is 1. The largest absolute Gasteiger partial charge is 0.493 e. The van der Waals surface area contributed by atoms with Crippen LogP contribution in [0.1, 0.15) is 73.9 Å². The number of fused-ring (bicyclic) bond motifs is 1. The van der Waals surface area contributed by atoms with Gasteiger partial charge in [-0.15, -0.1) is 0 Å². The molecule has 1 aliphatic rings. The van der Waals surface area contributed by atoms with Crippen LogP contribution in [0.3, 0.4) is 0 Å². The number of unbranched alkanes of at least 4 members (excludes halogenated alkanes) is 1. The van der Waals surface area contributed by atoms with Crippen LogP contribution in [-0.4, -0.2) is 47.3 Å². The number of rotatable bonds is 14. The van der Waals surface area contributed by atoms with Gasteiger partial charge in [0.25, 0.3) is 0 Å². The highest BCUT2D eigenvalue weighted by Crippen LogP contribution is 2.36. The van der Waals surface area contributed by atoms with E-state index in [0.29, 0.717) is 32.6 Å². The van der Waals surface area contributed by atoms with Crippen molar-refractivity contribution in [2.24, 2.45) is 0 Å². The van der Waals surface area contributed by atoms with Crippen molar-refractivity contribution in [3.8, 4) is 11.5 Å². The van der Waals surface area contributed by atoms with Crippen LogP contribution in [0.4, 0.5) is 4.79 Å². The number of hydrogen-bond acceptors (Lipinski definition) is 4. The fourth-order valence-electron chi connectivity index (χ4n) is 5.98. The molecule has 0 radical (unpaired) electrons. The maximum atomic E-state index is 14.2. The SMILES string of the molecule is CCOc1cc(C(C)N(CCCCc2ccccc2)C(=O)NC2(CC(=O)O)Cc3ccccc3C2)cc(OCC)c1C. The summed E-state index contributed by atoms with van der Waals surface area (Å²) < 4.78 is 11.9. The Bertz CT molecular complexity index is 1300. The van der Waals surface area contributed by atoms with Gasteiger partial charge in [-0.1, -0.05) is 54.6 Å². The van der Waals surface area contributed by atoms with Crippen molar-refractivity contribution in [3.63, 3.8) is 0 Å². The lowest BCUT2D eigenvalue weighted by Crippen LogP contribution is -2.55. The van der Waals surface area contributed by atoms with Gasteiger partial charge >= 0.3 is 12.0 Å². The first-order valence-electron chi connectivity index (χ1n) is 15.1. The summed E-state index contributed by atoms with van der Waals surface area (Å²) in [5.74, 6) is 0.554. The highest BCUT2D eigenvalue weighted by molar-refractivity contribution is 5.78. The Hall–Kier alpha value is -4.00. The average Bonchev–Trinajstić information content (AvgIpc) is 3.32. The molecule has 42 heavy (non-hydrogen) atoms. The molecule has 224 valence electrons. The molecular weight excluding hydrogens is 528 g/mol. The molecule has 3 aromatic rings. The van der Waals surface area contributed by atoms with Gasteiger partial charge in [0.1, 0.15) is 11.5 Å². The summed E-state index contributed by atoms with van der Waals surface area (Å²) >= 11 is 0. The van der Waals surface area contributed by atoms with Crippen LogP contribution < -0.4 is 14.8 Å². The van der Waals surface area contributed by atoms with Crippen molar-refractivity contribution in [2.45, 2.75) is 77.8 Å². The first-order chi connectivity index (χ1) is 20.2. The van der Waals surface area contributed by atoms with E-state index in [2.05, 4.69) is 17.4 Å². The molecule has 2 N–H and O–H groups in total. The van der Waals surface area contributed by atoms with Crippen molar-refractivity contribution >= 4 is 12.0 Å². The van der Waals surface area contributed by atoms with Gasteiger partial charge in [0.05, 0.1) is 31.2 Å².